The second kappa shape index (κ2) is 8.92. The standard InChI is InChI=1S/C24H18Cl2O5/c1-14-24(31-18-5-3-4-16(11-18)28-2)23(27)19-8-7-17(12-22(19)30-14)29-13-15-6-9-20(25)21(26)10-15/h3-12H,13H2,1-2H3. The van der Waals surface area contributed by atoms with Crippen LogP contribution in [0.3, 0.4) is 0 Å². The highest BCUT2D eigenvalue weighted by molar-refractivity contribution is 6.42. The minimum Gasteiger partial charge on any atom is -0.497 e. The Bertz CT molecular complexity index is 1310. The predicted octanol–water partition coefficient (Wildman–Crippen LogP) is 6.79. The third kappa shape index (κ3) is 4.63. The maximum absolute atomic E-state index is 13.0. The van der Waals surface area contributed by atoms with Crippen molar-refractivity contribution in [2.45, 2.75) is 13.5 Å². The molecule has 3 aromatic carbocycles. The first-order valence-electron chi connectivity index (χ1n) is 9.40. The van der Waals surface area contributed by atoms with Crippen molar-refractivity contribution in [1.82, 2.24) is 0 Å². The Hall–Kier alpha value is -3.15. The molecule has 0 saturated carbocycles. The number of ether oxygens (including phenoxy) is 3. The molecule has 0 aliphatic rings. The molecule has 158 valence electrons. The molecule has 0 aliphatic carbocycles. The van der Waals surface area contributed by atoms with E-state index in [4.69, 9.17) is 41.8 Å². The van der Waals surface area contributed by atoms with Gasteiger partial charge in [-0.25, -0.2) is 0 Å². The first-order chi connectivity index (χ1) is 14.9. The van der Waals surface area contributed by atoms with Crippen LogP contribution in [0, 0.1) is 6.92 Å². The van der Waals surface area contributed by atoms with Gasteiger partial charge in [-0.05, 0) is 48.9 Å². The van der Waals surface area contributed by atoms with E-state index in [1.54, 1.807) is 68.6 Å². The number of hydrogen-bond donors (Lipinski definition) is 0. The molecule has 0 spiro atoms. The molecule has 0 radical (unpaired) electrons. The predicted molar refractivity (Wildman–Crippen MR) is 121 cm³/mol. The van der Waals surface area contributed by atoms with E-state index < -0.39 is 0 Å². The molecule has 1 aromatic heterocycles. The van der Waals surface area contributed by atoms with Gasteiger partial charge < -0.3 is 18.6 Å². The summed E-state index contributed by atoms with van der Waals surface area (Å²) < 4.78 is 22.7. The molecular formula is C24H18Cl2O5. The van der Waals surface area contributed by atoms with Gasteiger partial charge in [-0.3, -0.25) is 4.79 Å². The van der Waals surface area contributed by atoms with Crippen molar-refractivity contribution in [3.8, 4) is 23.0 Å². The Morgan fingerprint density at radius 1 is 0.903 bits per heavy atom. The quantitative estimate of drug-likeness (QED) is 0.319. The molecule has 5 nitrogen and oxygen atoms in total. The van der Waals surface area contributed by atoms with E-state index >= 15 is 0 Å². The topological polar surface area (TPSA) is 57.9 Å². The van der Waals surface area contributed by atoms with Crippen LogP contribution < -0.4 is 19.6 Å². The number of halogens is 2. The third-order valence-electron chi connectivity index (χ3n) is 4.64. The van der Waals surface area contributed by atoms with Crippen molar-refractivity contribution in [3.63, 3.8) is 0 Å². The summed E-state index contributed by atoms with van der Waals surface area (Å²) in [5, 5.41) is 1.34. The van der Waals surface area contributed by atoms with E-state index in [0.717, 1.165) is 5.56 Å². The Balaban J connectivity index is 1.59. The summed E-state index contributed by atoms with van der Waals surface area (Å²) in [7, 11) is 1.57. The van der Waals surface area contributed by atoms with Gasteiger partial charge in [0.05, 0.1) is 22.5 Å². The van der Waals surface area contributed by atoms with Crippen LogP contribution in [0.25, 0.3) is 11.0 Å². The molecule has 0 fully saturated rings. The second-order valence-electron chi connectivity index (χ2n) is 6.79. The lowest BCUT2D eigenvalue weighted by Gasteiger charge is -2.11. The Kier molecular flexibility index (Phi) is 6.07. The zero-order valence-electron chi connectivity index (χ0n) is 16.8. The van der Waals surface area contributed by atoms with Crippen LogP contribution >= 0.6 is 23.2 Å². The monoisotopic (exact) mass is 456 g/mol. The Morgan fingerprint density at radius 3 is 2.48 bits per heavy atom. The van der Waals surface area contributed by atoms with Gasteiger partial charge in [0.2, 0.25) is 11.2 Å². The van der Waals surface area contributed by atoms with Crippen LogP contribution in [-0.2, 0) is 6.61 Å². The van der Waals surface area contributed by atoms with Gasteiger partial charge in [-0.1, -0.05) is 35.3 Å². The largest absolute Gasteiger partial charge is 0.497 e. The fraction of sp³-hybridized carbons (Fsp3) is 0.125. The summed E-state index contributed by atoms with van der Waals surface area (Å²) in [6.07, 6.45) is 0. The number of rotatable bonds is 6. The first kappa shape index (κ1) is 21.1. The second-order valence-corrected chi connectivity index (χ2v) is 7.61. The minimum absolute atomic E-state index is 0.130. The van der Waals surface area contributed by atoms with Gasteiger partial charge in [-0.2, -0.15) is 0 Å². The minimum atomic E-state index is -0.266. The average Bonchev–Trinajstić information content (AvgIpc) is 2.77. The summed E-state index contributed by atoms with van der Waals surface area (Å²) in [6.45, 7) is 1.97. The zero-order valence-corrected chi connectivity index (χ0v) is 18.3. The molecule has 31 heavy (non-hydrogen) atoms. The number of fused-ring (bicyclic) bond motifs is 1. The molecule has 0 bridgehead atoms. The lowest BCUT2D eigenvalue weighted by molar-refractivity contribution is 0.306. The van der Waals surface area contributed by atoms with Gasteiger partial charge in [0.15, 0.2) is 0 Å². The van der Waals surface area contributed by atoms with Gasteiger partial charge >= 0.3 is 0 Å². The van der Waals surface area contributed by atoms with Gasteiger partial charge in [0.25, 0.3) is 0 Å². The summed E-state index contributed by atoms with van der Waals surface area (Å²) >= 11 is 12.0. The van der Waals surface area contributed by atoms with Gasteiger partial charge in [0.1, 0.15) is 35.2 Å². The first-order valence-corrected chi connectivity index (χ1v) is 10.2. The summed E-state index contributed by atoms with van der Waals surface area (Å²) in [5.41, 5.74) is 1.01. The van der Waals surface area contributed by atoms with E-state index in [1.165, 1.54) is 0 Å². The highest BCUT2D eigenvalue weighted by Gasteiger charge is 2.15. The van der Waals surface area contributed by atoms with E-state index in [0.29, 0.717) is 50.6 Å². The highest BCUT2D eigenvalue weighted by atomic mass is 35.5. The van der Waals surface area contributed by atoms with Crippen molar-refractivity contribution in [2.24, 2.45) is 0 Å². The number of benzene rings is 3. The van der Waals surface area contributed by atoms with Crippen molar-refractivity contribution >= 4 is 34.2 Å². The molecular weight excluding hydrogens is 439 g/mol. The van der Waals surface area contributed by atoms with Crippen LogP contribution in [-0.4, -0.2) is 7.11 Å². The van der Waals surface area contributed by atoms with Crippen molar-refractivity contribution in [1.29, 1.82) is 0 Å². The molecule has 0 unspecified atom stereocenters. The Labute approximate surface area is 188 Å². The van der Waals surface area contributed by atoms with Crippen molar-refractivity contribution < 1.29 is 18.6 Å². The van der Waals surface area contributed by atoms with Gasteiger partial charge in [0, 0.05) is 12.1 Å². The van der Waals surface area contributed by atoms with E-state index in [-0.39, 0.29) is 11.2 Å². The van der Waals surface area contributed by atoms with Gasteiger partial charge in [-0.15, -0.1) is 0 Å². The smallest absolute Gasteiger partial charge is 0.235 e. The Morgan fingerprint density at radius 2 is 1.71 bits per heavy atom. The maximum atomic E-state index is 13.0. The summed E-state index contributed by atoms with van der Waals surface area (Å²) in [4.78, 5) is 13.0. The normalized spacial score (nSPS) is 10.8. The molecule has 0 N–H and O–H groups in total. The molecule has 4 aromatic rings. The van der Waals surface area contributed by atoms with Crippen LogP contribution in [0.4, 0.5) is 0 Å². The van der Waals surface area contributed by atoms with Crippen LogP contribution in [0.15, 0.2) is 69.9 Å². The summed E-state index contributed by atoms with van der Waals surface area (Å²) in [6, 6.07) is 17.4. The molecule has 4 rings (SSSR count). The van der Waals surface area contributed by atoms with Crippen LogP contribution in [0.5, 0.6) is 23.0 Å². The van der Waals surface area contributed by atoms with Crippen molar-refractivity contribution in [2.75, 3.05) is 7.11 Å². The van der Waals surface area contributed by atoms with Crippen LogP contribution in [0.2, 0.25) is 10.0 Å². The number of aryl methyl sites for hydroxylation is 1. The van der Waals surface area contributed by atoms with E-state index in [9.17, 15) is 4.79 Å². The highest BCUT2D eigenvalue weighted by Crippen LogP contribution is 2.29. The lowest BCUT2D eigenvalue weighted by atomic mass is 10.2. The lowest BCUT2D eigenvalue weighted by Crippen LogP contribution is -2.07. The maximum Gasteiger partial charge on any atom is 0.235 e. The van der Waals surface area contributed by atoms with Crippen molar-refractivity contribution in [3.05, 3.63) is 92.3 Å². The summed E-state index contributed by atoms with van der Waals surface area (Å²) in [5.74, 6) is 2.16. The molecule has 0 saturated heterocycles. The third-order valence-corrected chi connectivity index (χ3v) is 5.38. The molecule has 0 aliphatic heterocycles. The molecule has 0 atom stereocenters. The van der Waals surface area contributed by atoms with Crippen LogP contribution in [0.1, 0.15) is 11.3 Å². The van der Waals surface area contributed by atoms with E-state index in [1.807, 2.05) is 6.07 Å². The van der Waals surface area contributed by atoms with E-state index in [2.05, 4.69) is 0 Å². The molecule has 1 heterocycles. The fourth-order valence-electron chi connectivity index (χ4n) is 3.05. The average molecular weight is 457 g/mol. The fourth-order valence-corrected chi connectivity index (χ4v) is 3.38. The molecule has 0 amide bonds. The SMILES string of the molecule is COc1cccc(Oc2c(C)oc3cc(OCc4ccc(Cl)c(Cl)c4)ccc3c2=O)c1. The number of hydrogen-bond acceptors (Lipinski definition) is 5. The zero-order chi connectivity index (χ0) is 22.0. The number of methoxy groups -OCH3 is 1. The molecule has 7 heteroatoms.